The number of thiazole rings is 1. The van der Waals surface area contributed by atoms with E-state index in [-0.39, 0.29) is 23.5 Å². The summed E-state index contributed by atoms with van der Waals surface area (Å²) in [5.41, 5.74) is 0.169. The number of nitrogens with one attached hydrogen (secondary N) is 2. The summed E-state index contributed by atoms with van der Waals surface area (Å²) in [6.07, 6.45) is 2.89. The van der Waals surface area contributed by atoms with Crippen LogP contribution in [0, 0.1) is 12.7 Å². The van der Waals surface area contributed by atoms with Gasteiger partial charge in [0.15, 0.2) is 0 Å². The van der Waals surface area contributed by atoms with Crippen LogP contribution in [0.1, 0.15) is 26.4 Å². The van der Waals surface area contributed by atoms with E-state index in [1.54, 1.807) is 19.1 Å². The second-order valence-electron chi connectivity index (χ2n) is 6.94. The lowest BCUT2D eigenvalue weighted by Gasteiger charge is -2.07. The van der Waals surface area contributed by atoms with Crippen LogP contribution < -0.4 is 22.1 Å². The van der Waals surface area contributed by atoms with Gasteiger partial charge in [-0.05, 0) is 30.2 Å². The fourth-order valence-electron chi connectivity index (χ4n) is 3.15. The Morgan fingerprint density at radius 1 is 1.16 bits per heavy atom. The number of carbonyl (C=O) groups excluding carboxylic acids is 1. The number of hydrogen-bond acceptors (Lipinski definition) is 5. The van der Waals surface area contributed by atoms with E-state index in [1.165, 1.54) is 41.1 Å². The summed E-state index contributed by atoms with van der Waals surface area (Å²) in [6.45, 7) is 1.69. The van der Waals surface area contributed by atoms with E-state index in [0.29, 0.717) is 21.5 Å². The van der Waals surface area contributed by atoms with Crippen LogP contribution >= 0.6 is 11.3 Å². The van der Waals surface area contributed by atoms with Crippen LogP contribution in [0.25, 0.3) is 4.83 Å². The molecule has 0 aliphatic carbocycles. The summed E-state index contributed by atoms with van der Waals surface area (Å²) < 4.78 is 15.8. The number of hydrogen-bond donors (Lipinski definition) is 2. The van der Waals surface area contributed by atoms with Crippen molar-refractivity contribution in [2.24, 2.45) is 0 Å². The molecule has 0 saturated carbocycles. The van der Waals surface area contributed by atoms with Crippen molar-refractivity contribution in [3.05, 3.63) is 107 Å². The first-order chi connectivity index (χ1) is 14.8. The highest BCUT2D eigenvalue weighted by Crippen LogP contribution is 2.18. The van der Waals surface area contributed by atoms with Crippen molar-refractivity contribution >= 4 is 22.1 Å². The average molecular weight is 440 g/mol. The van der Waals surface area contributed by atoms with Crippen molar-refractivity contribution < 1.29 is 9.18 Å². The lowest BCUT2D eigenvalue weighted by atomic mass is 10.2. The number of aromatic nitrogens is 3. The monoisotopic (exact) mass is 440 g/mol. The van der Waals surface area contributed by atoms with Crippen LogP contribution in [-0.2, 0) is 13.1 Å². The lowest BCUT2D eigenvalue weighted by molar-refractivity contribution is 0.0954. The average Bonchev–Trinajstić information content (AvgIpc) is 3.21. The van der Waals surface area contributed by atoms with Gasteiger partial charge in [-0.1, -0.05) is 18.2 Å². The number of fused-ring (bicyclic) bond motifs is 1. The van der Waals surface area contributed by atoms with Crippen molar-refractivity contribution in [3.63, 3.8) is 0 Å². The minimum Gasteiger partial charge on any atom is -0.347 e. The van der Waals surface area contributed by atoms with Crippen molar-refractivity contribution in [1.29, 1.82) is 0 Å². The Hall–Kier alpha value is -3.79. The van der Waals surface area contributed by atoms with Gasteiger partial charge in [-0.25, -0.2) is 9.18 Å². The number of H-pyrrole nitrogens is 1. The molecule has 0 atom stereocenters. The fraction of sp³-hybridized carbons (Fsp3) is 0.143. The zero-order valence-electron chi connectivity index (χ0n) is 16.3. The molecule has 8 nitrogen and oxygen atoms in total. The number of benzene rings is 1. The highest BCUT2D eigenvalue weighted by molar-refractivity contribution is 7.19. The number of aryl methyl sites for hydroxylation is 1. The van der Waals surface area contributed by atoms with Gasteiger partial charge in [0, 0.05) is 30.6 Å². The Labute approximate surface area is 178 Å². The van der Waals surface area contributed by atoms with E-state index in [2.05, 4.69) is 10.3 Å². The zero-order valence-corrected chi connectivity index (χ0v) is 17.2. The van der Waals surface area contributed by atoms with Crippen molar-refractivity contribution in [2.45, 2.75) is 20.0 Å². The topological polar surface area (TPSA) is 105 Å². The molecule has 0 bridgehead atoms. The van der Waals surface area contributed by atoms with Crippen molar-refractivity contribution in [1.82, 2.24) is 19.3 Å². The third-order valence-electron chi connectivity index (χ3n) is 4.75. The molecule has 4 rings (SSSR count). The van der Waals surface area contributed by atoms with Gasteiger partial charge in [-0.15, -0.1) is 11.3 Å². The molecule has 158 valence electrons. The Bertz CT molecular complexity index is 1460. The molecule has 1 amide bonds. The molecule has 31 heavy (non-hydrogen) atoms. The van der Waals surface area contributed by atoms with Crippen LogP contribution in [0.3, 0.4) is 0 Å². The number of halogens is 1. The van der Waals surface area contributed by atoms with Crippen LogP contribution in [0.2, 0.25) is 0 Å². The van der Waals surface area contributed by atoms with Crippen molar-refractivity contribution in [2.75, 3.05) is 0 Å². The van der Waals surface area contributed by atoms with Crippen LogP contribution in [0.4, 0.5) is 4.39 Å². The standard InChI is InChI=1S/C21H17FN4O4S/c1-12-19(29)25(10-13-3-2-4-15(22)7-13)21(30)26-11-16(31-20(12)26)18(28)24-9-14-5-6-17(27)23-8-14/h2-8,11H,9-10H2,1H3,(H,23,27)(H,24,28). The second-order valence-corrected chi connectivity index (χ2v) is 7.97. The summed E-state index contributed by atoms with van der Waals surface area (Å²) in [5.74, 6) is -0.872. The third-order valence-corrected chi connectivity index (χ3v) is 5.96. The molecule has 2 N–H and O–H groups in total. The van der Waals surface area contributed by atoms with Gasteiger partial charge in [-0.2, -0.15) is 0 Å². The number of carbonyl (C=O) groups is 1. The number of nitrogens with zero attached hydrogens (tertiary/aromatic N) is 2. The largest absolute Gasteiger partial charge is 0.347 e. The smallest absolute Gasteiger partial charge is 0.336 e. The Kier molecular flexibility index (Phi) is 5.38. The van der Waals surface area contributed by atoms with E-state index < -0.39 is 23.0 Å². The molecule has 10 heteroatoms. The van der Waals surface area contributed by atoms with Gasteiger partial charge in [0.25, 0.3) is 11.5 Å². The quantitative estimate of drug-likeness (QED) is 0.492. The first-order valence-corrected chi connectivity index (χ1v) is 10.1. The van der Waals surface area contributed by atoms with Gasteiger partial charge >= 0.3 is 5.69 Å². The maximum atomic E-state index is 13.5. The lowest BCUT2D eigenvalue weighted by Crippen LogP contribution is -2.38. The number of rotatable bonds is 5. The van der Waals surface area contributed by atoms with Crippen LogP contribution in [0.5, 0.6) is 0 Å². The van der Waals surface area contributed by atoms with Crippen molar-refractivity contribution in [3.8, 4) is 0 Å². The molecular formula is C21H17FN4O4S. The van der Waals surface area contributed by atoms with E-state index >= 15 is 0 Å². The van der Waals surface area contributed by atoms with Gasteiger partial charge in [0.05, 0.1) is 6.54 Å². The van der Waals surface area contributed by atoms with Gasteiger partial charge in [0.2, 0.25) is 5.56 Å². The Morgan fingerprint density at radius 3 is 2.68 bits per heavy atom. The Balaban J connectivity index is 1.66. The SMILES string of the molecule is Cc1c(=O)n(Cc2cccc(F)c2)c(=O)n2cc(C(=O)NCc3ccc(=O)[nH]c3)sc12. The second kappa shape index (κ2) is 8.15. The number of amides is 1. The summed E-state index contributed by atoms with van der Waals surface area (Å²) >= 11 is 1.04. The predicted octanol–water partition coefficient (Wildman–Crippen LogP) is 1.64. The summed E-state index contributed by atoms with van der Waals surface area (Å²) in [4.78, 5) is 52.5. The zero-order chi connectivity index (χ0) is 22.1. The molecule has 3 aromatic heterocycles. The molecule has 0 radical (unpaired) electrons. The molecule has 0 unspecified atom stereocenters. The minimum absolute atomic E-state index is 0.0806. The molecule has 1 aromatic carbocycles. The summed E-state index contributed by atoms with van der Waals surface area (Å²) in [6, 6.07) is 8.63. The van der Waals surface area contributed by atoms with E-state index in [4.69, 9.17) is 0 Å². The minimum atomic E-state index is -0.606. The molecule has 4 aromatic rings. The van der Waals surface area contributed by atoms with Crippen LogP contribution in [-0.4, -0.2) is 19.9 Å². The molecule has 0 fully saturated rings. The predicted molar refractivity (Wildman–Crippen MR) is 114 cm³/mol. The number of aromatic amines is 1. The number of pyridine rings is 1. The third kappa shape index (κ3) is 4.10. The Morgan fingerprint density at radius 2 is 1.97 bits per heavy atom. The molecule has 0 aliphatic rings. The van der Waals surface area contributed by atoms with Gasteiger partial charge in [-0.3, -0.25) is 23.4 Å². The molecule has 0 aliphatic heterocycles. The highest BCUT2D eigenvalue weighted by Gasteiger charge is 2.17. The first-order valence-electron chi connectivity index (χ1n) is 9.29. The first kappa shape index (κ1) is 20.5. The van der Waals surface area contributed by atoms with E-state index in [9.17, 15) is 23.6 Å². The van der Waals surface area contributed by atoms with Gasteiger partial charge in [0.1, 0.15) is 15.5 Å². The van der Waals surface area contributed by atoms with Crippen LogP contribution in [0.15, 0.2) is 63.2 Å². The molecule has 0 saturated heterocycles. The van der Waals surface area contributed by atoms with Gasteiger partial charge < -0.3 is 10.3 Å². The van der Waals surface area contributed by atoms with E-state index in [0.717, 1.165) is 15.9 Å². The summed E-state index contributed by atoms with van der Waals surface area (Å²) in [7, 11) is 0. The fourth-order valence-corrected chi connectivity index (χ4v) is 4.15. The molecular weight excluding hydrogens is 423 g/mol. The summed E-state index contributed by atoms with van der Waals surface area (Å²) in [5, 5.41) is 2.72. The highest BCUT2D eigenvalue weighted by atomic mass is 32.1. The normalized spacial score (nSPS) is 11.0. The molecule has 0 spiro atoms. The van der Waals surface area contributed by atoms with E-state index in [1.807, 2.05) is 0 Å². The maximum Gasteiger partial charge on any atom is 0.336 e. The molecule has 3 heterocycles. The maximum absolute atomic E-state index is 13.5.